The van der Waals surface area contributed by atoms with Crippen molar-refractivity contribution in [2.75, 3.05) is 6.54 Å². The average Bonchev–Trinajstić information content (AvgIpc) is 3.30. The van der Waals surface area contributed by atoms with Crippen molar-refractivity contribution in [2.45, 2.75) is 52.6 Å². The van der Waals surface area contributed by atoms with Crippen LogP contribution < -0.4 is 15.8 Å². The molecular formula is C32H34N6O7. The van der Waals surface area contributed by atoms with Crippen LogP contribution in [0, 0.1) is 6.92 Å². The van der Waals surface area contributed by atoms with Gasteiger partial charge < -0.3 is 30.6 Å². The lowest BCUT2D eigenvalue weighted by Gasteiger charge is -2.19. The summed E-state index contributed by atoms with van der Waals surface area (Å²) in [5, 5.41) is 12.1. The Morgan fingerprint density at radius 1 is 1.04 bits per heavy atom. The molecule has 0 radical (unpaired) electrons. The van der Waals surface area contributed by atoms with Crippen molar-refractivity contribution in [3.8, 4) is 5.75 Å². The number of aryl methyl sites for hydroxylation is 2. The molecule has 1 amide bonds. The van der Waals surface area contributed by atoms with Crippen molar-refractivity contribution in [1.29, 1.82) is 0 Å². The van der Waals surface area contributed by atoms with E-state index < -0.39 is 23.6 Å². The number of nitrogens with zero attached hydrogens (tertiary/aromatic N) is 3. The summed E-state index contributed by atoms with van der Waals surface area (Å²) in [6.07, 6.45) is 0.658. The van der Waals surface area contributed by atoms with E-state index >= 15 is 0 Å². The minimum atomic E-state index is -1.43. The molecule has 13 heteroatoms. The second-order valence-corrected chi connectivity index (χ2v) is 11.2. The number of amides is 1. The van der Waals surface area contributed by atoms with Crippen LogP contribution in [0.3, 0.4) is 0 Å². The third-order valence-electron chi connectivity index (χ3n) is 6.46. The highest BCUT2D eigenvalue weighted by molar-refractivity contribution is 6.09. The molecule has 0 aliphatic heterocycles. The number of carboxylic acid groups (broad SMARTS) is 1. The van der Waals surface area contributed by atoms with Gasteiger partial charge in [-0.15, -0.1) is 0 Å². The second kappa shape index (κ2) is 13.8. The van der Waals surface area contributed by atoms with E-state index in [2.05, 4.69) is 25.3 Å². The molecule has 2 aromatic heterocycles. The number of aliphatic imine (C=N–C) groups is 1. The number of hydrogen-bond acceptors (Lipinski definition) is 9. The molecular weight excluding hydrogens is 580 g/mol. The number of aromatic nitrogens is 3. The molecule has 0 aliphatic carbocycles. The summed E-state index contributed by atoms with van der Waals surface area (Å²) < 4.78 is 9.97. The lowest BCUT2D eigenvalue weighted by atomic mass is 9.99. The van der Waals surface area contributed by atoms with Crippen LogP contribution >= 0.6 is 0 Å². The zero-order valence-corrected chi connectivity index (χ0v) is 25.3. The topological polar surface area (TPSA) is 199 Å². The molecule has 0 aliphatic rings. The van der Waals surface area contributed by atoms with Crippen molar-refractivity contribution in [2.24, 2.45) is 10.7 Å². The van der Waals surface area contributed by atoms with Crippen molar-refractivity contribution >= 4 is 46.5 Å². The number of carbonyl (C=O) groups is 4. The first-order chi connectivity index (χ1) is 21.3. The van der Waals surface area contributed by atoms with E-state index in [0.717, 1.165) is 5.56 Å². The molecule has 13 nitrogen and oxygen atoms in total. The number of amidine groups is 1. The van der Waals surface area contributed by atoms with Crippen LogP contribution in [0.4, 0.5) is 10.7 Å². The van der Waals surface area contributed by atoms with Crippen LogP contribution in [0.5, 0.6) is 5.75 Å². The minimum absolute atomic E-state index is 0.00650. The van der Waals surface area contributed by atoms with E-state index in [9.17, 15) is 19.2 Å². The van der Waals surface area contributed by atoms with Crippen molar-refractivity contribution in [3.05, 3.63) is 82.8 Å². The Morgan fingerprint density at radius 3 is 2.47 bits per heavy atom. The van der Waals surface area contributed by atoms with E-state index in [1.165, 1.54) is 24.4 Å². The number of ketones is 1. The lowest BCUT2D eigenvalue weighted by molar-refractivity contribution is -0.154. The zero-order chi connectivity index (χ0) is 32.7. The quantitative estimate of drug-likeness (QED) is 0.0607. The van der Waals surface area contributed by atoms with Crippen LogP contribution in [0.1, 0.15) is 71.3 Å². The largest absolute Gasteiger partial charge is 0.511 e. The maximum Gasteiger partial charge on any atom is 0.511 e. The Bertz CT molecular complexity index is 1770. The monoisotopic (exact) mass is 614 g/mol. The smallest absolute Gasteiger partial charge is 0.460 e. The Morgan fingerprint density at radius 2 is 1.78 bits per heavy atom. The highest BCUT2D eigenvalue weighted by Crippen LogP contribution is 2.28. The molecule has 5 N–H and O–H groups in total. The number of aromatic amines is 1. The maximum atomic E-state index is 13.2. The Hall–Kier alpha value is -5.59. The zero-order valence-electron chi connectivity index (χ0n) is 25.3. The lowest BCUT2D eigenvalue weighted by Crippen LogP contribution is -2.30. The van der Waals surface area contributed by atoms with Crippen LogP contribution in [0.2, 0.25) is 0 Å². The molecule has 0 spiro atoms. The third kappa shape index (κ3) is 8.95. The van der Waals surface area contributed by atoms with Crippen LogP contribution in [-0.4, -0.2) is 61.9 Å². The molecule has 2 heterocycles. The maximum absolute atomic E-state index is 13.2. The summed E-state index contributed by atoms with van der Waals surface area (Å²) in [7, 11) is 0. The molecule has 45 heavy (non-hydrogen) atoms. The summed E-state index contributed by atoms with van der Waals surface area (Å²) in [5.74, 6) is -0.751. The number of carbonyl (C=O) groups excluding carboxylic acids is 3. The number of rotatable bonds is 11. The van der Waals surface area contributed by atoms with Gasteiger partial charge in [0.05, 0.1) is 6.42 Å². The molecule has 0 saturated heterocycles. The second-order valence-electron chi connectivity index (χ2n) is 11.2. The Labute approximate surface area is 258 Å². The van der Waals surface area contributed by atoms with E-state index in [4.69, 9.17) is 20.3 Å². The third-order valence-corrected chi connectivity index (χ3v) is 6.46. The summed E-state index contributed by atoms with van der Waals surface area (Å²) in [5.41, 5.74) is 9.02. The fraction of sp³-hybridized carbons (Fsp3) is 0.281. The Balaban J connectivity index is 1.36. The van der Waals surface area contributed by atoms with Gasteiger partial charge in [0.2, 0.25) is 0 Å². The number of nitrogens with one attached hydrogen (secondary N) is 2. The SMILES string of the molecule is Cc1[nH]c2ccc(OC(=O)O)cc2c1C(=O)CCc1ccc(C(N)=Nc2nccc(C(=O)NCCC(=O)OC(C)(C)C)n2)cc1. The van der Waals surface area contributed by atoms with Gasteiger partial charge in [-0.25, -0.2) is 14.8 Å². The first kappa shape index (κ1) is 32.3. The van der Waals surface area contributed by atoms with Crippen LogP contribution in [0.25, 0.3) is 10.9 Å². The standard InChI is InChI=1S/C32H34N6O7/c1-18-27(22-17-21(44-31(42)43)10-11-23(22)36-18)25(39)12-7-19-5-8-20(9-6-19)28(33)38-30-35-15-13-24(37-30)29(41)34-16-14-26(40)45-32(2,3)4/h5-6,8-11,13,15,17,36H,7,12,14,16H2,1-4H3,(H,34,41)(H,42,43)(H2,33,35,37,38). The predicted octanol–water partition coefficient (Wildman–Crippen LogP) is 4.64. The molecule has 0 saturated carbocycles. The fourth-order valence-electron chi connectivity index (χ4n) is 4.52. The van der Waals surface area contributed by atoms with Gasteiger partial charge >= 0.3 is 12.1 Å². The highest BCUT2D eigenvalue weighted by atomic mass is 16.7. The van der Waals surface area contributed by atoms with Gasteiger partial charge in [0.1, 0.15) is 22.9 Å². The van der Waals surface area contributed by atoms with Gasteiger partial charge in [-0.2, -0.15) is 4.99 Å². The molecule has 4 rings (SSSR count). The predicted molar refractivity (Wildman–Crippen MR) is 166 cm³/mol. The summed E-state index contributed by atoms with van der Waals surface area (Å²) in [6.45, 7) is 7.18. The van der Waals surface area contributed by atoms with E-state index in [0.29, 0.717) is 34.1 Å². The Kier molecular flexibility index (Phi) is 9.91. The fourth-order valence-corrected chi connectivity index (χ4v) is 4.52. The summed E-state index contributed by atoms with van der Waals surface area (Å²) >= 11 is 0. The molecule has 2 aromatic carbocycles. The van der Waals surface area contributed by atoms with Crippen molar-refractivity contribution in [1.82, 2.24) is 20.3 Å². The van der Waals surface area contributed by atoms with E-state index in [-0.39, 0.29) is 48.4 Å². The number of fused-ring (bicyclic) bond motifs is 1. The number of Topliss-reactive ketones (excluding diaryl/α,β-unsaturated/α-hetero) is 1. The average molecular weight is 615 g/mol. The number of ether oxygens (including phenoxy) is 2. The summed E-state index contributed by atoms with van der Waals surface area (Å²) in [4.78, 5) is 64.0. The van der Waals surface area contributed by atoms with Gasteiger partial charge in [0.15, 0.2) is 5.78 Å². The number of esters is 1. The van der Waals surface area contributed by atoms with E-state index in [1.807, 2.05) is 12.1 Å². The molecule has 0 unspecified atom stereocenters. The van der Waals surface area contributed by atoms with Gasteiger partial charge in [0, 0.05) is 46.9 Å². The number of hydrogen-bond donors (Lipinski definition) is 4. The minimum Gasteiger partial charge on any atom is -0.460 e. The number of H-pyrrole nitrogens is 1. The van der Waals surface area contributed by atoms with E-state index in [1.54, 1.807) is 45.9 Å². The molecule has 0 atom stereocenters. The normalized spacial score (nSPS) is 11.7. The number of benzene rings is 2. The van der Waals surface area contributed by atoms with Gasteiger partial charge in [-0.05, 0) is 63.9 Å². The van der Waals surface area contributed by atoms with Gasteiger partial charge in [0.25, 0.3) is 11.9 Å². The van der Waals surface area contributed by atoms with Crippen molar-refractivity contribution in [3.63, 3.8) is 0 Å². The molecule has 4 aromatic rings. The molecule has 0 fully saturated rings. The van der Waals surface area contributed by atoms with Gasteiger partial charge in [-0.1, -0.05) is 24.3 Å². The van der Waals surface area contributed by atoms with Crippen LogP contribution in [0.15, 0.2) is 59.7 Å². The molecule has 0 bridgehead atoms. The first-order valence-electron chi connectivity index (χ1n) is 14.1. The first-order valence-corrected chi connectivity index (χ1v) is 14.1. The van der Waals surface area contributed by atoms with Gasteiger partial charge in [-0.3, -0.25) is 14.4 Å². The summed E-state index contributed by atoms with van der Waals surface area (Å²) in [6, 6.07) is 13.4. The van der Waals surface area contributed by atoms with Crippen LogP contribution in [-0.2, 0) is 16.0 Å². The molecule has 234 valence electrons. The van der Waals surface area contributed by atoms with Crippen molar-refractivity contribution < 1.29 is 33.8 Å². The highest BCUT2D eigenvalue weighted by Gasteiger charge is 2.18. The number of nitrogens with two attached hydrogens (primary N) is 1.